The minimum absolute atomic E-state index is 0.0234. The first-order chi connectivity index (χ1) is 8.45. The highest BCUT2D eigenvalue weighted by atomic mass is 16.2. The number of allylic oxidation sites excluding steroid dienone is 1. The molecule has 18 heavy (non-hydrogen) atoms. The smallest absolute Gasteiger partial charge is 0.249 e. The summed E-state index contributed by atoms with van der Waals surface area (Å²) in [6, 6.07) is 0. The van der Waals surface area contributed by atoms with E-state index in [9.17, 15) is 9.59 Å². The van der Waals surface area contributed by atoms with Gasteiger partial charge in [-0.15, -0.1) is 0 Å². The Labute approximate surface area is 109 Å². The van der Waals surface area contributed by atoms with Crippen LogP contribution in [0.25, 0.3) is 0 Å². The normalized spacial score (nSPS) is 16.3. The monoisotopic (exact) mass is 253 g/mol. The van der Waals surface area contributed by atoms with Crippen molar-refractivity contribution in [1.82, 2.24) is 15.1 Å². The zero-order valence-electron chi connectivity index (χ0n) is 11.7. The minimum Gasteiger partial charge on any atom is -0.358 e. The van der Waals surface area contributed by atoms with Gasteiger partial charge in [0.05, 0.1) is 6.54 Å². The third-order valence-corrected chi connectivity index (χ3v) is 3.38. The fourth-order valence-electron chi connectivity index (χ4n) is 1.84. The molecule has 0 spiro atoms. The third kappa shape index (κ3) is 3.84. The Kier molecular flexibility index (Phi) is 5.34. The second-order valence-corrected chi connectivity index (χ2v) is 4.87. The molecule has 1 aliphatic heterocycles. The van der Waals surface area contributed by atoms with E-state index in [0.29, 0.717) is 19.6 Å². The van der Waals surface area contributed by atoms with Gasteiger partial charge in [0.15, 0.2) is 0 Å². The second kappa shape index (κ2) is 6.54. The first-order valence-electron chi connectivity index (χ1n) is 6.32. The van der Waals surface area contributed by atoms with Crippen LogP contribution in [0.2, 0.25) is 0 Å². The van der Waals surface area contributed by atoms with Gasteiger partial charge in [0.1, 0.15) is 0 Å². The first-order valence-corrected chi connectivity index (χ1v) is 6.32. The average Bonchev–Trinajstić information content (AvgIpc) is 2.37. The zero-order chi connectivity index (χ0) is 13.7. The fraction of sp³-hybridized carbons (Fsp3) is 0.692. The molecule has 5 heteroatoms. The van der Waals surface area contributed by atoms with Crippen molar-refractivity contribution in [2.75, 3.05) is 39.8 Å². The van der Waals surface area contributed by atoms with Crippen molar-refractivity contribution in [1.29, 1.82) is 0 Å². The summed E-state index contributed by atoms with van der Waals surface area (Å²) >= 11 is 0. The lowest BCUT2D eigenvalue weighted by molar-refractivity contribution is -0.129. The molecular weight excluding hydrogens is 230 g/mol. The molecule has 1 N–H and O–H groups in total. The quantitative estimate of drug-likeness (QED) is 0.733. The maximum atomic E-state index is 12.1. The van der Waals surface area contributed by atoms with Crippen LogP contribution in [0.15, 0.2) is 11.1 Å². The summed E-state index contributed by atoms with van der Waals surface area (Å²) in [7, 11) is 1.64. The van der Waals surface area contributed by atoms with Gasteiger partial charge in [0, 0.05) is 38.8 Å². The van der Waals surface area contributed by atoms with E-state index < -0.39 is 0 Å². The van der Waals surface area contributed by atoms with Crippen LogP contribution in [0.3, 0.4) is 0 Å². The van der Waals surface area contributed by atoms with Gasteiger partial charge < -0.3 is 10.2 Å². The molecule has 0 atom stereocenters. The predicted molar refractivity (Wildman–Crippen MR) is 71.1 cm³/mol. The van der Waals surface area contributed by atoms with Crippen molar-refractivity contribution in [2.45, 2.75) is 20.8 Å². The molecule has 5 nitrogen and oxygen atoms in total. The lowest BCUT2D eigenvalue weighted by atomic mass is 10.1. The molecule has 1 aliphatic rings. The number of hydrogen-bond acceptors (Lipinski definition) is 3. The topological polar surface area (TPSA) is 52.7 Å². The maximum Gasteiger partial charge on any atom is 0.249 e. The molecule has 0 unspecified atom stereocenters. The first kappa shape index (κ1) is 14.7. The Balaban J connectivity index is 2.47. The van der Waals surface area contributed by atoms with E-state index in [2.05, 4.69) is 10.2 Å². The van der Waals surface area contributed by atoms with Crippen molar-refractivity contribution >= 4 is 11.8 Å². The van der Waals surface area contributed by atoms with Gasteiger partial charge in [0.25, 0.3) is 0 Å². The lowest BCUT2D eigenvalue weighted by Gasteiger charge is -2.34. The van der Waals surface area contributed by atoms with Crippen molar-refractivity contribution in [3.63, 3.8) is 0 Å². The van der Waals surface area contributed by atoms with E-state index in [1.54, 1.807) is 7.05 Å². The highest BCUT2D eigenvalue weighted by Gasteiger charge is 2.23. The molecule has 2 amide bonds. The molecule has 1 rings (SSSR count). The van der Waals surface area contributed by atoms with Crippen molar-refractivity contribution < 1.29 is 9.59 Å². The minimum atomic E-state index is 0.0234. The molecule has 1 heterocycles. The maximum absolute atomic E-state index is 12.1. The summed E-state index contributed by atoms with van der Waals surface area (Å²) in [4.78, 5) is 27.3. The summed E-state index contributed by atoms with van der Waals surface area (Å²) < 4.78 is 0. The number of amides is 2. The van der Waals surface area contributed by atoms with E-state index in [-0.39, 0.29) is 11.8 Å². The van der Waals surface area contributed by atoms with Gasteiger partial charge in [0.2, 0.25) is 11.8 Å². The summed E-state index contributed by atoms with van der Waals surface area (Å²) in [6.45, 7) is 9.10. The van der Waals surface area contributed by atoms with Gasteiger partial charge in [-0.3, -0.25) is 14.5 Å². The van der Waals surface area contributed by atoms with Crippen LogP contribution in [-0.4, -0.2) is 61.4 Å². The van der Waals surface area contributed by atoms with Crippen LogP contribution < -0.4 is 5.32 Å². The number of hydrogen-bond donors (Lipinski definition) is 1. The Bertz CT molecular complexity index is 351. The van der Waals surface area contributed by atoms with Gasteiger partial charge in [-0.25, -0.2) is 0 Å². The summed E-state index contributed by atoms with van der Waals surface area (Å²) in [5.74, 6) is 0.143. The average molecular weight is 253 g/mol. The van der Waals surface area contributed by atoms with Crippen molar-refractivity contribution in [3.05, 3.63) is 11.1 Å². The molecule has 102 valence electrons. The number of nitrogens with one attached hydrogen (secondary N) is 1. The second-order valence-electron chi connectivity index (χ2n) is 4.87. The summed E-state index contributed by atoms with van der Waals surface area (Å²) in [6.07, 6.45) is 0. The Morgan fingerprint density at radius 1 is 1.06 bits per heavy atom. The van der Waals surface area contributed by atoms with Crippen LogP contribution in [-0.2, 0) is 9.59 Å². The van der Waals surface area contributed by atoms with E-state index in [1.807, 2.05) is 25.7 Å². The third-order valence-electron chi connectivity index (χ3n) is 3.38. The largest absolute Gasteiger partial charge is 0.358 e. The molecule has 0 aromatic carbocycles. The van der Waals surface area contributed by atoms with Crippen LogP contribution in [0, 0.1) is 0 Å². The van der Waals surface area contributed by atoms with E-state index in [0.717, 1.165) is 24.2 Å². The summed E-state index contributed by atoms with van der Waals surface area (Å²) in [5, 5.41) is 2.61. The van der Waals surface area contributed by atoms with Gasteiger partial charge >= 0.3 is 0 Å². The molecule has 0 aromatic heterocycles. The number of carbonyl (C=O) groups is 2. The van der Waals surface area contributed by atoms with Crippen molar-refractivity contribution in [3.8, 4) is 0 Å². The van der Waals surface area contributed by atoms with Gasteiger partial charge in [-0.1, -0.05) is 5.57 Å². The molecule has 0 saturated carbocycles. The fourth-order valence-corrected chi connectivity index (χ4v) is 1.84. The predicted octanol–water partition coefficient (Wildman–Crippen LogP) is 0.233. The number of nitrogens with zero attached hydrogens (tertiary/aromatic N) is 2. The zero-order valence-corrected chi connectivity index (χ0v) is 11.7. The molecular formula is C13H23N3O2. The SMILES string of the molecule is CNC(=O)CN1CCN(C(=O)C(C)=C(C)C)CC1. The Morgan fingerprint density at radius 3 is 2.06 bits per heavy atom. The number of piperazine rings is 1. The number of likely N-dealkylation sites (N-methyl/N-ethyl adjacent to an activating group) is 1. The van der Waals surface area contributed by atoms with E-state index >= 15 is 0 Å². The van der Waals surface area contributed by atoms with Gasteiger partial charge in [-0.05, 0) is 20.8 Å². The molecule has 0 radical (unpaired) electrons. The molecule has 1 fully saturated rings. The number of rotatable bonds is 3. The van der Waals surface area contributed by atoms with Crippen LogP contribution in [0.5, 0.6) is 0 Å². The standard InChI is InChI=1S/C13H23N3O2/c1-10(2)11(3)13(18)16-7-5-15(6-8-16)9-12(17)14-4/h5-9H2,1-4H3,(H,14,17). The molecule has 0 bridgehead atoms. The highest BCUT2D eigenvalue weighted by Crippen LogP contribution is 2.10. The van der Waals surface area contributed by atoms with Crippen LogP contribution in [0.4, 0.5) is 0 Å². The lowest BCUT2D eigenvalue weighted by Crippen LogP contribution is -2.51. The van der Waals surface area contributed by atoms with E-state index in [1.165, 1.54) is 0 Å². The molecule has 0 aliphatic carbocycles. The van der Waals surface area contributed by atoms with Crippen LogP contribution >= 0.6 is 0 Å². The van der Waals surface area contributed by atoms with Gasteiger partial charge in [-0.2, -0.15) is 0 Å². The highest BCUT2D eigenvalue weighted by molar-refractivity contribution is 5.93. The molecule has 1 saturated heterocycles. The number of carbonyl (C=O) groups excluding carboxylic acids is 2. The Hall–Kier alpha value is -1.36. The van der Waals surface area contributed by atoms with Crippen molar-refractivity contribution in [2.24, 2.45) is 0 Å². The Morgan fingerprint density at radius 2 is 1.61 bits per heavy atom. The summed E-state index contributed by atoms with van der Waals surface area (Å²) in [5.41, 5.74) is 1.89. The molecule has 0 aromatic rings. The van der Waals surface area contributed by atoms with E-state index in [4.69, 9.17) is 0 Å². The van der Waals surface area contributed by atoms with Crippen LogP contribution in [0.1, 0.15) is 20.8 Å².